The number of carbonyl (C=O) groups excluding carboxylic acids is 1. The number of aryl methyl sites for hydroxylation is 1. The Balaban J connectivity index is 1.85. The zero-order valence-corrected chi connectivity index (χ0v) is 17.7. The number of rotatable bonds is 7. The van der Waals surface area contributed by atoms with Crippen LogP contribution in [0.2, 0.25) is 0 Å². The van der Waals surface area contributed by atoms with Gasteiger partial charge in [0.25, 0.3) is 0 Å². The van der Waals surface area contributed by atoms with Crippen LogP contribution in [-0.2, 0) is 16.0 Å². The van der Waals surface area contributed by atoms with Gasteiger partial charge in [0.15, 0.2) is 5.75 Å². The highest BCUT2D eigenvalue weighted by Gasteiger charge is 2.22. The van der Waals surface area contributed by atoms with E-state index in [9.17, 15) is 9.59 Å². The van der Waals surface area contributed by atoms with Crippen molar-refractivity contribution in [3.05, 3.63) is 60.2 Å². The average molecular weight is 418 g/mol. The summed E-state index contributed by atoms with van der Waals surface area (Å²) < 4.78 is 6.45. The molecule has 0 saturated heterocycles. The molecule has 0 radical (unpaired) electrons. The lowest BCUT2D eigenvalue weighted by molar-refractivity contribution is -0.137. The van der Waals surface area contributed by atoms with Crippen molar-refractivity contribution in [2.75, 3.05) is 5.32 Å². The van der Waals surface area contributed by atoms with Gasteiger partial charge in [0.1, 0.15) is 0 Å². The SMILES string of the molecule is CC(=O)Nc1cc(CCC(=O)O)cc(-c2ccc3ccccc3c2)c1OC1CCCC1. The maximum atomic E-state index is 11.9. The van der Waals surface area contributed by atoms with Gasteiger partial charge in [0.05, 0.1) is 11.8 Å². The van der Waals surface area contributed by atoms with Crippen LogP contribution >= 0.6 is 0 Å². The Kier molecular flexibility index (Phi) is 6.21. The minimum absolute atomic E-state index is 0.0273. The van der Waals surface area contributed by atoms with Gasteiger partial charge in [-0.2, -0.15) is 0 Å². The summed E-state index contributed by atoms with van der Waals surface area (Å²) in [5, 5.41) is 14.3. The van der Waals surface area contributed by atoms with Crippen LogP contribution in [0, 0.1) is 0 Å². The maximum Gasteiger partial charge on any atom is 0.303 e. The quantitative estimate of drug-likeness (QED) is 0.509. The Hall–Kier alpha value is -3.34. The number of amides is 1. The molecule has 0 aliphatic heterocycles. The molecule has 1 saturated carbocycles. The number of hydrogen-bond donors (Lipinski definition) is 2. The predicted molar refractivity (Wildman–Crippen MR) is 123 cm³/mol. The molecule has 0 atom stereocenters. The van der Waals surface area contributed by atoms with Crippen LogP contribution in [0.3, 0.4) is 0 Å². The number of hydrogen-bond acceptors (Lipinski definition) is 3. The van der Waals surface area contributed by atoms with Crippen LogP contribution in [0.15, 0.2) is 54.6 Å². The number of anilines is 1. The summed E-state index contributed by atoms with van der Waals surface area (Å²) in [5.74, 6) is -0.368. The Labute approximate surface area is 182 Å². The monoisotopic (exact) mass is 417 g/mol. The summed E-state index contributed by atoms with van der Waals surface area (Å²) in [6.45, 7) is 1.47. The van der Waals surface area contributed by atoms with Crippen molar-refractivity contribution in [3.63, 3.8) is 0 Å². The summed E-state index contributed by atoms with van der Waals surface area (Å²) in [6.07, 6.45) is 4.81. The van der Waals surface area contributed by atoms with Crippen LogP contribution in [0.1, 0.15) is 44.6 Å². The number of carboxylic acid groups (broad SMARTS) is 1. The third-order valence-electron chi connectivity index (χ3n) is 5.73. The molecule has 1 fully saturated rings. The van der Waals surface area contributed by atoms with Crippen molar-refractivity contribution in [2.45, 2.75) is 51.6 Å². The summed E-state index contributed by atoms with van der Waals surface area (Å²) in [5.41, 5.74) is 3.32. The normalized spacial score (nSPS) is 14.0. The first-order valence-corrected chi connectivity index (χ1v) is 10.8. The van der Waals surface area contributed by atoms with E-state index in [1.54, 1.807) is 0 Å². The lowest BCUT2D eigenvalue weighted by Gasteiger charge is -2.22. The molecular weight excluding hydrogens is 390 g/mol. The van der Waals surface area contributed by atoms with Gasteiger partial charge < -0.3 is 15.2 Å². The van der Waals surface area contributed by atoms with E-state index in [0.29, 0.717) is 17.9 Å². The number of fused-ring (bicyclic) bond motifs is 1. The number of carbonyl (C=O) groups is 2. The fraction of sp³-hybridized carbons (Fsp3) is 0.308. The molecule has 31 heavy (non-hydrogen) atoms. The van der Waals surface area contributed by atoms with E-state index in [1.807, 2.05) is 24.3 Å². The molecule has 4 rings (SSSR count). The minimum atomic E-state index is -0.848. The molecule has 2 N–H and O–H groups in total. The predicted octanol–water partition coefficient (Wildman–Crippen LogP) is 5.80. The third-order valence-corrected chi connectivity index (χ3v) is 5.73. The minimum Gasteiger partial charge on any atom is -0.488 e. The smallest absolute Gasteiger partial charge is 0.303 e. The maximum absolute atomic E-state index is 11.9. The molecule has 3 aromatic carbocycles. The molecule has 0 unspecified atom stereocenters. The molecule has 1 aliphatic carbocycles. The number of carboxylic acids is 1. The molecule has 1 aliphatic rings. The second-order valence-corrected chi connectivity index (χ2v) is 8.18. The van der Waals surface area contributed by atoms with E-state index >= 15 is 0 Å². The molecule has 0 bridgehead atoms. The largest absolute Gasteiger partial charge is 0.488 e. The van der Waals surface area contributed by atoms with Gasteiger partial charge in [0.2, 0.25) is 5.91 Å². The van der Waals surface area contributed by atoms with Gasteiger partial charge in [0, 0.05) is 18.9 Å². The lowest BCUT2D eigenvalue weighted by Crippen LogP contribution is -2.15. The highest BCUT2D eigenvalue weighted by molar-refractivity contribution is 5.95. The summed E-state index contributed by atoms with van der Waals surface area (Å²) in [6, 6.07) is 18.3. The van der Waals surface area contributed by atoms with Gasteiger partial charge in [-0.25, -0.2) is 0 Å². The van der Waals surface area contributed by atoms with Gasteiger partial charge >= 0.3 is 5.97 Å². The molecule has 0 heterocycles. The van der Waals surface area contributed by atoms with Gasteiger partial charge in [-0.05, 0) is 72.2 Å². The van der Waals surface area contributed by atoms with E-state index in [1.165, 1.54) is 6.92 Å². The van der Waals surface area contributed by atoms with E-state index in [-0.39, 0.29) is 18.4 Å². The highest BCUT2D eigenvalue weighted by atomic mass is 16.5. The van der Waals surface area contributed by atoms with Crippen LogP contribution in [0.25, 0.3) is 21.9 Å². The van der Waals surface area contributed by atoms with E-state index in [4.69, 9.17) is 9.84 Å². The third kappa shape index (κ3) is 5.05. The molecule has 1 amide bonds. The molecule has 3 aromatic rings. The number of nitrogens with one attached hydrogen (secondary N) is 1. The van der Waals surface area contributed by atoms with Crippen molar-refractivity contribution in [1.29, 1.82) is 0 Å². The second-order valence-electron chi connectivity index (χ2n) is 8.18. The van der Waals surface area contributed by atoms with E-state index in [0.717, 1.165) is 53.1 Å². The van der Waals surface area contributed by atoms with Crippen molar-refractivity contribution in [1.82, 2.24) is 0 Å². The Morgan fingerprint density at radius 1 is 1.03 bits per heavy atom. The van der Waals surface area contributed by atoms with Crippen LogP contribution < -0.4 is 10.1 Å². The van der Waals surface area contributed by atoms with E-state index < -0.39 is 5.97 Å². The topological polar surface area (TPSA) is 75.6 Å². The first kappa shape index (κ1) is 20.9. The first-order valence-electron chi connectivity index (χ1n) is 10.8. The second kappa shape index (κ2) is 9.21. The number of aliphatic carboxylic acids is 1. The Morgan fingerprint density at radius 2 is 1.77 bits per heavy atom. The number of ether oxygens (including phenoxy) is 1. The van der Waals surface area contributed by atoms with Crippen molar-refractivity contribution in [3.8, 4) is 16.9 Å². The van der Waals surface area contributed by atoms with Crippen LogP contribution in [0.5, 0.6) is 5.75 Å². The number of benzene rings is 3. The fourth-order valence-electron chi connectivity index (χ4n) is 4.24. The van der Waals surface area contributed by atoms with Crippen molar-refractivity contribution < 1.29 is 19.4 Å². The highest BCUT2D eigenvalue weighted by Crippen LogP contribution is 2.41. The van der Waals surface area contributed by atoms with Gasteiger partial charge in [-0.3, -0.25) is 9.59 Å². The zero-order chi connectivity index (χ0) is 21.8. The fourth-order valence-corrected chi connectivity index (χ4v) is 4.24. The molecule has 5 nitrogen and oxygen atoms in total. The molecule has 0 aromatic heterocycles. The molecule has 160 valence electrons. The van der Waals surface area contributed by atoms with Crippen LogP contribution in [0.4, 0.5) is 5.69 Å². The Morgan fingerprint density at radius 3 is 2.48 bits per heavy atom. The standard InChI is InChI=1S/C26H27NO4/c1-17(28)27-24-15-18(10-13-25(29)30)14-23(26(24)31-22-8-4-5-9-22)21-12-11-19-6-2-3-7-20(19)16-21/h2-3,6-7,11-12,14-16,22H,4-5,8-10,13H2,1H3,(H,27,28)(H,29,30). The van der Waals surface area contributed by atoms with Gasteiger partial charge in [-0.1, -0.05) is 36.4 Å². The molecule has 5 heteroatoms. The molecular formula is C26H27NO4. The Bertz CT molecular complexity index is 1120. The first-order chi connectivity index (χ1) is 15.0. The van der Waals surface area contributed by atoms with Crippen molar-refractivity contribution in [2.24, 2.45) is 0 Å². The van der Waals surface area contributed by atoms with Crippen molar-refractivity contribution >= 4 is 28.3 Å². The summed E-state index contributed by atoms with van der Waals surface area (Å²) >= 11 is 0. The lowest BCUT2D eigenvalue weighted by atomic mass is 9.96. The van der Waals surface area contributed by atoms with Crippen LogP contribution in [-0.4, -0.2) is 23.1 Å². The zero-order valence-electron chi connectivity index (χ0n) is 17.7. The molecule has 0 spiro atoms. The summed E-state index contributed by atoms with van der Waals surface area (Å²) in [7, 11) is 0. The van der Waals surface area contributed by atoms with Gasteiger partial charge in [-0.15, -0.1) is 0 Å². The average Bonchev–Trinajstić information content (AvgIpc) is 3.26. The van der Waals surface area contributed by atoms with E-state index in [2.05, 4.69) is 35.6 Å². The summed E-state index contributed by atoms with van der Waals surface area (Å²) in [4.78, 5) is 23.1.